The average Bonchev–Trinajstić information content (AvgIpc) is 2.40. The molecule has 0 amide bonds. The molecule has 0 bridgehead atoms. The number of anilines is 1. The summed E-state index contributed by atoms with van der Waals surface area (Å²) in [5, 5.41) is 2.91. The molecular weight excluding hydrogens is 261 g/mol. The first-order chi connectivity index (χ1) is 9.44. The lowest BCUT2D eigenvalue weighted by atomic mass is 9.77. The fraction of sp³-hybridized carbons (Fsp3) is 0.333. The van der Waals surface area contributed by atoms with Gasteiger partial charge in [0, 0.05) is 16.4 Å². The van der Waals surface area contributed by atoms with Gasteiger partial charge in [-0.25, -0.2) is 0 Å². The van der Waals surface area contributed by atoms with Crippen molar-refractivity contribution in [1.82, 2.24) is 0 Å². The lowest BCUT2D eigenvalue weighted by Gasteiger charge is -2.41. The highest BCUT2D eigenvalue weighted by Crippen LogP contribution is 2.51. The lowest BCUT2D eigenvalue weighted by Crippen LogP contribution is -2.40. The fourth-order valence-corrected chi connectivity index (χ4v) is 6.49. The van der Waals surface area contributed by atoms with Crippen molar-refractivity contribution < 1.29 is 0 Å². The van der Waals surface area contributed by atoms with E-state index in [0.717, 1.165) is 5.69 Å². The van der Waals surface area contributed by atoms with Gasteiger partial charge in [0.1, 0.15) is 0 Å². The van der Waals surface area contributed by atoms with Crippen LogP contribution < -0.4 is 16.3 Å². The molecule has 2 aromatic rings. The number of fused-ring (bicyclic) bond motifs is 2. The van der Waals surface area contributed by atoms with E-state index in [1.165, 1.54) is 21.7 Å². The third-order valence-electron chi connectivity index (χ3n) is 4.33. The van der Waals surface area contributed by atoms with Gasteiger partial charge < -0.3 is 5.73 Å². The summed E-state index contributed by atoms with van der Waals surface area (Å²) >= 11 is 0. The molecule has 2 N–H and O–H groups in total. The van der Waals surface area contributed by atoms with E-state index in [-0.39, 0.29) is 13.3 Å². The van der Waals surface area contributed by atoms with Crippen LogP contribution in [0.1, 0.15) is 38.8 Å². The van der Waals surface area contributed by atoms with Crippen molar-refractivity contribution in [2.45, 2.75) is 38.8 Å². The minimum absolute atomic E-state index is 0.0367. The number of nitrogen functional groups attached to an aromatic ring is 1. The van der Waals surface area contributed by atoms with Gasteiger partial charge in [-0.1, -0.05) is 64.1 Å². The van der Waals surface area contributed by atoms with E-state index in [9.17, 15) is 0 Å². The first-order valence-corrected chi connectivity index (χ1v) is 8.63. The van der Waals surface area contributed by atoms with Gasteiger partial charge in [0.15, 0.2) is 0 Å². The monoisotopic (exact) mass is 283 g/mol. The molecule has 20 heavy (non-hydrogen) atoms. The van der Waals surface area contributed by atoms with Crippen LogP contribution in [0, 0.1) is 0 Å². The molecule has 1 aliphatic heterocycles. The van der Waals surface area contributed by atoms with Crippen LogP contribution in [-0.2, 0) is 5.41 Å². The molecule has 1 aliphatic rings. The Morgan fingerprint density at radius 2 is 1.60 bits per heavy atom. The van der Waals surface area contributed by atoms with E-state index in [1.807, 2.05) is 0 Å². The minimum Gasteiger partial charge on any atom is -0.398 e. The van der Waals surface area contributed by atoms with Crippen LogP contribution >= 0.6 is 7.92 Å². The van der Waals surface area contributed by atoms with Crippen LogP contribution in [0.2, 0.25) is 0 Å². The standard InChI is InChI=1S/C18H22NP/c1-12(2)20-16-11-6-5-8-13(16)18(3,4)14-9-7-10-15(19)17(14)20/h5-12H,19H2,1-4H3. The highest BCUT2D eigenvalue weighted by atomic mass is 31.1. The summed E-state index contributed by atoms with van der Waals surface area (Å²) in [6.45, 7) is 9.27. The molecule has 104 valence electrons. The second-order valence-electron chi connectivity index (χ2n) is 6.35. The smallest absolute Gasteiger partial charge is 0.0398 e. The summed E-state index contributed by atoms with van der Waals surface area (Å²) < 4.78 is 0. The molecular formula is C18H22NP. The van der Waals surface area contributed by atoms with Gasteiger partial charge in [0.2, 0.25) is 0 Å². The Balaban J connectivity index is 2.38. The molecule has 0 radical (unpaired) electrons. The first kappa shape index (κ1) is 13.6. The Labute approximate surface area is 123 Å². The molecule has 0 saturated carbocycles. The van der Waals surface area contributed by atoms with E-state index >= 15 is 0 Å². The molecule has 0 fully saturated rings. The highest BCUT2D eigenvalue weighted by molar-refractivity contribution is 7.74. The van der Waals surface area contributed by atoms with Gasteiger partial charge in [-0.15, -0.1) is 0 Å². The molecule has 0 aliphatic carbocycles. The van der Waals surface area contributed by atoms with Gasteiger partial charge >= 0.3 is 0 Å². The van der Waals surface area contributed by atoms with Gasteiger partial charge in [0.05, 0.1) is 0 Å². The highest BCUT2D eigenvalue weighted by Gasteiger charge is 2.38. The van der Waals surface area contributed by atoms with Crippen molar-refractivity contribution in [3.05, 3.63) is 53.6 Å². The second-order valence-corrected chi connectivity index (χ2v) is 9.05. The average molecular weight is 283 g/mol. The zero-order valence-electron chi connectivity index (χ0n) is 12.6. The van der Waals surface area contributed by atoms with Crippen LogP contribution in [0.5, 0.6) is 0 Å². The Hall–Kier alpha value is -1.33. The summed E-state index contributed by atoms with van der Waals surface area (Å²) in [6, 6.07) is 15.3. The molecule has 1 atom stereocenters. The Morgan fingerprint density at radius 3 is 2.30 bits per heavy atom. The zero-order chi connectivity index (χ0) is 14.5. The third kappa shape index (κ3) is 1.80. The van der Waals surface area contributed by atoms with Crippen LogP contribution in [0.15, 0.2) is 42.5 Å². The quantitative estimate of drug-likeness (QED) is 0.626. The van der Waals surface area contributed by atoms with E-state index in [1.54, 1.807) is 0 Å². The second kappa shape index (κ2) is 4.60. The largest absolute Gasteiger partial charge is 0.398 e. The summed E-state index contributed by atoms with van der Waals surface area (Å²) in [5.74, 6) is 0. The minimum atomic E-state index is -0.367. The Kier molecular flexibility index (Phi) is 3.14. The predicted octanol–water partition coefficient (Wildman–Crippen LogP) is 3.75. The van der Waals surface area contributed by atoms with E-state index in [4.69, 9.17) is 5.73 Å². The topological polar surface area (TPSA) is 26.0 Å². The Bertz CT molecular complexity index is 658. The van der Waals surface area contributed by atoms with E-state index in [2.05, 4.69) is 70.2 Å². The number of rotatable bonds is 1. The summed E-state index contributed by atoms with van der Waals surface area (Å²) in [6.07, 6.45) is 0. The molecule has 0 saturated heterocycles. The maximum Gasteiger partial charge on any atom is 0.0398 e. The molecule has 3 rings (SSSR count). The molecule has 2 aromatic carbocycles. The molecule has 0 aromatic heterocycles. The predicted molar refractivity (Wildman–Crippen MR) is 90.7 cm³/mol. The fourth-order valence-electron chi connectivity index (χ4n) is 3.35. The van der Waals surface area contributed by atoms with Crippen molar-refractivity contribution in [2.24, 2.45) is 0 Å². The molecule has 1 nitrogen and oxygen atoms in total. The van der Waals surface area contributed by atoms with Crippen molar-refractivity contribution in [1.29, 1.82) is 0 Å². The maximum atomic E-state index is 6.36. The van der Waals surface area contributed by atoms with E-state index < -0.39 is 0 Å². The van der Waals surface area contributed by atoms with Gasteiger partial charge in [-0.2, -0.15) is 0 Å². The van der Waals surface area contributed by atoms with Crippen LogP contribution in [-0.4, -0.2) is 5.66 Å². The maximum absolute atomic E-state index is 6.36. The molecule has 0 spiro atoms. The van der Waals surface area contributed by atoms with Crippen molar-refractivity contribution in [3.63, 3.8) is 0 Å². The van der Waals surface area contributed by atoms with Crippen molar-refractivity contribution in [3.8, 4) is 0 Å². The summed E-state index contributed by atoms with van der Waals surface area (Å²) in [5.41, 5.74) is 10.8. The van der Waals surface area contributed by atoms with E-state index in [0.29, 0.717) is 5.66 Å². The molecule has 1 unspecified atom stereocenters. The molecule has 2 heteroatoms. The number of hydrogen-bond acceptors (Lipinski definition) is 1. The van der Waals surface area contributed by atoms with Gasteiger partial charge in [-0.3, -0.25) is 0 Å². The lowest BCUT2D eigenvalue weighted by molar-refractivity contribution is 0.647. The number of nitrogens with two attached hydrogens (primary N) is 1. The van der Waals surface area contributed by atoms with Gasteiger partial charge in [0.25, 0.3) is 0 Å². The number of benzene rings is 2. The van der Waals surface area contributed by atoms with Crippen LogP contribution in [0.4, 0.5) is 5.69 Å². The Morgan fingerprint density at radius 1 is 0.950 bits per heavy atom. The zero-order valence-corrected chi connectivity index (χ0v) is 13.5. The summed E-state index contributed by atoms with van der Waals surface area (Å²) in [7, 11) is -0.367. The normalized spacial score (nSPS) is 19.6. The SMILES string of the molecule is CC(C)P1c2ccccc2C(C)(C)c2cccc(N)c21. The van der Waals surface area contributed by atoms with Gasteiger partial charge in [-0.05, 0) is 36.1 Å². The van der Waals surface area contributed by atoms with Crippen LogP contribution in [0.3, 0.4) is 0 Å². The summed E-state index contributed by atoms with van der Waals surface area (Å²) in [4.78, 5) is 0. The van der Waals surface area contributed by atoms with Crippen molar-refractivity contribution >= 4 is 24.2 Å². The molecule has 1 heterocycles. The third-order valence-corrected chi connectivity index (χ3v) is 7.26. The number of hydrogen-bond donors (Lipinski definition) is 1. The van der Waals surface area contributed by atoms with Crippen LogP contribution in [0.25, 0.3) is 0 Å². The van der Waals surface area contributed by atoms with Crippen molar-refractivity contribution in [2.75, 3.05) is 5.73 Å². The first-order valence-electron chi connectivity index (χ1n) is 7.22.